The molecule has 1 aliphatic rings. The summed E-state index contributed by atoms with van der Waals surface area (Å²) in [7, 11) is 0. The minimum Gasteiger partial charge on any atom is -0.466 e. The van der Waals surface area contributed by atoms with Crippen LogP contribution in [0.2, 0.25) is 0 Å². The van der Waals surface area contributed by atoms with E-state index in [1.54, 1.807) is 0 Å². The molecule has 1 aromatic carbocycles. The molecule has 3 heteroatoms. The van der Waals surface area contributed by atoms with Gasteiger partial charge in [0.1, 0.15) is 5.60 Å². The van der Waals surface area contributed by atoms with Crippen LogP contribution in [0.5, 0.6) is 0 Å². The fraction of sp³-hybridized carbons (Fsp3) is 0.526. The normalized spacial score (nSPS) is 24.6. The highest BCUT2D eigenvalue weighted by Crippen LogP contribution is 2.46. The van der Waals surface area contributed by atoms with Crippen molar-refractivity contribution in [1.82, 2.24) is 0 Å². The average molecular weight is 302 g/mol. The molecule has 2 atom stereocenters. The number of carbonyl (C=O) groups is 1. The minimum atomic E-state index is -0.446. The minimum absolute atomic E-state index is 0.177. The van der Waals surface area contributed by atoms with Gasteiger partial charge in [-0.15, -0.1) is 0 Å². The highest BCUT2D eigenvalue weighted by atomic mass is 16.5. The van der Waals surface area contributed by atoms with Gasteiger partial charge in [-0.2, -0.15) is 0 Å². The molecule has 2 unspecified atom stereocenters. The van der Waals surface area contributed by atoms with E-state index in [1.807, 2.05) is 25.1 Å². The van der Waals surface area contributed by atoms with Gasteiger partial charge >= 0.3 is 5.97 Å². The fourth-order valence-electron chi connectivity index (χ4n) is 3.47. The van der Waals surface area contributed by atoms with Crippen molar-refractivity contribution in [3.05, 3.63) is 47.0 Å². The first-order valence-corrected chi connectivity index (χ1v) is 8.18. The summed E-state index contributed by atoms with van der Waals surface area (Å²) in [5, 5.41) is 0. The molecule has 0 amide bonds. The van der Waals surface area contributed by atoms with Crippen LogP contribution in [0.4, 0.5) is 0 Å². The maximum absolute atomic E-state index is 11.9. The zero-order chi connectivity index (χ0) is 16.2. The summed E-state index contributed by atoms with van der Waals surface area (Å²) >= 11 is 0. The molecule has 120 valence electrons. The number of hydrogen-bond donors (Lipinski definition) is 0. The highest BCUT2D eigenvalue weighted by molar-refractivity contribution is 5.71. The summed E-state index contributed by atoms with van der Waals surface area (Å²) in [6.45, 7) is 8.64. The van der Waals surface area contributed by atoms with E-state index in [0.717, 1.165) is 18.4 Å². The summed E-state index contributed by atoms with van der Waals surface area (Å²) in [6.07, 6.45) is 1.94. The summed E-state index contributed by atoms with van der Waals surface area (Å²) in [5.41, 5.74) is 3.25. The molecule has 0 aromatic heterocycles. The van der Waals surface area contributed by atoms with Gasteiger partial charge in [-0.3, -0.25) is 4.79 Å². The Hall–Kier alpha value is -1.61. The van der Waals surface area contributed by atoms with Gasteiger partial charge in [0.25, 0.3) is 0 Å². The van der Waals surface area contributed by atoms with Crippen LogP contribution in [0.25, 0.3) is 0 Å². The molecule has 0 spiro atoms. The van der Waals surface area contributed by atoms with Crippen LogP contribution < -0.4 is 0 Å². The molecule has 3 nitrogen and oxygen atoms in total. The predicted molar refractivity (Wildman–Crippen MR) is 87.5 cm³/mol. The summed E-state index contributed by atoms with van der Waals surface area (Å²) < 4.78 is 11.5. The van der Waals surface area contributed by atoms with Gasteiger partial charge < -0.3 is 9.47 Å². The molecule has 1 heterocycles. The fourth-order valence-corrected chi connectivity index (χ4v) is 3.47. The van der Waals surface area contributed by atoms with Crippen LogP contribution in [-0.2, 0) is 19.9 Å². The first-order valence-electron chi connectivity index (χ1n) is 8.18. The third-order valence-corrected chi connectivity index (χ3v) is 4.45. The molecule has 0 fully saturated rings. The molecule has 0 radical (unpaired) electrons. The van der Waals surface area contributed by atoms with E-state index >= 15 is 0 Å². The van der Waals surface area contributed by atoms with Gasteiger partial charge in [0.05, 0.1) is 19.1 Å². The Kier molecular flexibility index (Phi) is 5.41. The van der Waals surface area contributed by atoms with Crippen molar-refractivity contribution >= 4 is 5.97 Å². The first kappa shape index (κ1) is 16.8. The Morgan fingerprint density at radius 3 is 2.41 bits per heavy atom. The monoisotopic (exact) mass is 302 g/mol. The Morgan fingerprint density at radius 2 is 1.86 bits per heavy atom. The number of ether oxygens (including phenoxy) is 2. The maximum Gasteiger partial charge on any atom is 0.308 e. The number of esters is 1. The number of carbonyl (C=O) groups excluding carboxylic acids is 1. The van der Waals surface area contributed by atoms with Crippen LogP contribution in [0, 0.1) is 0 Å². The van der Waals surface area contributed by atoms with Crippen molar-refractivity contribution in [1.29, 1.82) is 0 Å². The number of hydrogen-bond acceptors (Lipinski definition) is 3. The van der Waals surface area contributed by atoms with Crippen molar-refractivity contribution in [3.63, 3.8) is 0 Å². The molecule has 1 aliphatic heterocycles. The third-order valence-electron chi connectivity index (χ3n) is 4.45. The molecule has 1 aromatic rings. The lowest BCUT2D eigenvalue weighted by Gasteiger charge is -2.29. The smallest absolute Gasteiger partial charge is 0.308 e. The molecule has 0 bridgehead atoms. The van der Waals surface area contributed by atoms with Crippen molar-refractivity contribution < 1.29 is 14.3 Å². The van der Waals surface area contributed by atoms with E-state index in [9.17, 15) is 4.79 Å². The van der Waals surface area contributed by atoms with E-state index in [4.69, 9.17) is 9.47 Å². The number of benzene rings is 1. The van der Waals surface area contributed by atoms with Crippen molar-refractivity contribution in [2.24, 2.45) is 0 Å². The highest BCUT2D eigenvalue weighted by Gasteiger charge is 2.43. The van der Waals surface area contributed by atoms with Gasteiger partial charge in [-0.05, 0) is 43.4 Å². The number of rotatable bonds is 6. The second-order valence-electron chi connectivity index (χ2n) is 5.73. The molecule has 0 saturated heterocycles. The summed E-state index contributed by atoms with van der Waals surface area (Å²) in [5.74, 6) is -0.189. The lowest BCUT2D eigenvalue weighted by Crippen LogP contribution is -2.27. The average Bonchev–Trinajstić information content (AvgIpc) is 2.80. The molecule has 0 N–H and O–H groups in total. The summed E-state index contributed by atoms with van der Waals surface area (Å²) in [4.78, 5) is 11.9. The van der Waals surface area contributed by atoms with Crippen molar-refractivity contribution in [3.8, 4) is 0 Å². The molecule has 22 heavy (non-hydrogen) atoms. The van der Waals surface area contributed by atoms with Crippen molar-refractivity contribution in [2.75, 3.05) is 6.61 Å². The van der Waals surface area contributed by atoms with Gasteiger partial charge in [0, 0.05) is 0 Å². The molecular formula is C19H26O3. The van der Waals surface area contributed by atoms with Crippen LogP contribution in [0.15, 0.2) is 41.5 Å². The van der Waals surface area contributed by atoms with Crippen LogP contribution in [0.1, 0.15) is 52.5 Å². The topological polar surface area (TPSA) is 35.5 Å². The zero-order valence-corrected chi connectivity index (χ0v) is 14.0. The van der Waals surface area contributed by atoms with Gasteiger partial charge in [-0.1, -0.05) is 44.2 Å². The standard InChI is InChI=1S/C19H26O3/c1-5-15-16(6-2)19(4,14-11-9-8-10-12-14)22-17(15)13-18(20)21-7-3/h8-12,17H,5-7,13H2,1-4H3. The largest absolute Gasteiger partial charge is 0.466 e. The van der Waals surface area contributed by atoms with Gasteiger partial charge in [0.15, 0.2) is 0 Å². The van der Waals surface area contributed by atoms with E-state index < -0.39 is 5.60 Å². The van der Waals surface area contributed by atoms with E-state index in [2.05, 4.69) is 32.9 Å². The van der Waals surface area contributed by atoms with E-state index in [1.165, 1.54) is 11.1 Å². The molecule has 2 rings (SSSR count). The van der Waals surface area contributed by atoms with Crippen LogP contribution in [0.3, 0.4) is 0 Å². The van der Waals surface area contributed by atoms with E-state index in [-0.39, 0.29) is 12.1 Å². The quantitative estimate of drug-likeness (QED) is 0.578. The Balaban J connectivity index is 2.34. The van der Waals surface area contributed by atoms with E-state index in [0.29, 0.717) is 13.0 Å². The Bertz CT molecular complexity index is 547. The lowest BCUT2D eigenvalue weighted by atomic mass is 9.84. The van der Waals surface area contributed by atoms with Crippen LogP contribution >= 0.6 is 0 Å². The van der Waals surface area contributed by atoms with Crippen molar-refractivity contribution in [2.45, 2.75) is 58.7 Å². The second kappa shape index (κ2) is 7.10. The van der Waals surface area contributed by atoms with Gasteiger partial charge in [0.2, 0.25) is 0 Å². The second-order valence-corrected chi connectivity index (χ2v) is 5.73. The molecule has 0 aliphatic carbocycles. The third kappa shape index (κ3) is 3.09. The van der Waals surface area contributed by atoms with Gasteiger partial charge in [-0.25, -0.2) is 0 Å². The SMILES string of the molecule is CCOC(=O)CC1OC(C)(c2ccccc2)C(CC)=C1CC. The first-order chi connectivity index (χ1) is 10.6. The van der Waals surface area contributed by atoms with Crippen LogP contribution in [-0.4, -0.2) is 18.7 Å². The molecular weight excluding hydrogens is 276 g/mol. The summed E-state index contributed by atoms with van der Waals surface area (Å²) in [6, 6.07) is 10.3. The lowest BCUT2D eigenvalue weighted by molar-refractivity contribution is -0.147. The predicted octanol–water partition coefficient (Wildman–Crippen LogP) is 4.37. The Labute approximate surface area is 133 Å². The maximum atomic E-state index is 11.9. The molecule has 0 saturated carbocycles. The zero-order valence-electron chi connectivity index (χ0n) is 14.0. The Morgan fingerprint density at radius 1 is 1.18 bits per heavy atom.